The maximum absolute atomic E-state index is 16.2. The molecule has 3 aromatic carbocycles. The SMILES string of the molecule is CN(C)C1CN(c2nc(NCC=N)c3cc(Cl)c(-c4cc(O)cc5ccccc45)c(F)c3n2)C1. The van der Waals surface area contributed by atoms with Crippen LogP contribution in [-0.4, -0.2) is 66.0 Å². The molecule has 1 aliphatic rings. The Morgan fingerprint density at radius 3 is 2.71 bits per heavy atom. The molecule has 1 saturated heterocycles. The number of benzene rings is 3. The molecule has 0 spiro atoms. The third kappa shape index (κ3) is 3.78. The monoisotopic (exact) mass is 478 g/mol. The second-order valence-corrected chi connectivity index (χ2v) is 9.04. The topological polar surface area (TPSA) is 88.4 Å². The molecule has 5 rings (SSSR count). The number of likely N-dealkylation sites (N-methyl/N-ethyl adjacent to an activating group) is 1. The van der Waals surface area contributed by atoms with Crippen LogP contribution >= 0.6 is 11.6 Å². The molecule has 9 heteroatoms. The number of fused-ring (bicyclic) bond motifs is 2. The zero-order chi connectivity index (χ0) is 24.0. The molecule has 3 N–H and O–H groups in total. The molecule has 0 amide bonds. The number of anilines is 2. The summed E-state index contributed by atoms with van der Waals surface area (Å²) in [6.45, 7) is 1.72. The Bertz CT molecular complexity index is 1420. The fourth-order valence-electron chi connectivity index (χ4n) is 4.30. The Kier molecular flexibility index (Phi) is 5.71. The summed E-state index contributed by atoms with van der Waals surface area (Å²) in [6.07, 6.45) is 1.21. The van der Waals surface area contributed by atoms with Gasteiger partial charge in [0, 0.05) is 36.3 Å². The third-order valence-corrected chi connectivity index (χ3v) is 6.53. The van der Waals surface area contributed by atoms with Crippen molar-refractivity contribution in [3.8, 4) is 16.9 Å². The number of phenols is 1. The van der Waals surface area contributed by atoms with Gasteiger partial charge in [-0.2, -0.15) is 4.98 Å². The van der Waals surface area contributed by atoms with Crippen molar-refractivity contribution < 1.29 is 9.50 Å². The van der Waals surface area contributed by atoms with Crippen LogP contribution < -0.4 is 10.2 Å². The van der Waals surface area contributed by atoms with Crippen molar-refractivity contribution in [2.75, 3.05) is 43.9 Å². The fourth-order valence-corrected chi connectivity index (χ4v) is 4.60. The second-order valence-electron chi connectivity index (χ2n) is 8.64. The molecule has 0 radical (unpaired) electrons. The summed E-state index contributed by atoms with van der Waals surface area (Å²) in [5, 5.41) is 22.9. The molecule has 0 unspecified atom stereocenters. The minimum atomic E-state index is -0.579. The lowest BCUT2D eigenvalue weighted by molar-refractivity contribution is 0.245. The Hall–Kier alpha value is -3.49. The van der Waals surface area contributed by atoms with Gasteiger partial charge in [0.1, 0.15) is 17.1 Å². The molecule has 2 heterocycles. The van der Waals surface area contributed by atoms with Gasteiger partial charge in [0.2, 0.25) is 5.95 Å². The minimum absolute atomic E-state index is 0.0243. The van der Waals surface area contributed by atoms with Gasteiger partial charge in [-0.25, -0.2) is 9.37 Å². The van der Waals surface area contributed by atoms with E-state index in [-0.39, 0.29) is 28.4 Å². The molecule has 34 heavy (non-hydrogen) atoms. The van der Waals surface area contributed by atoms with E-state index in [0.29, 0.717) is 28.8 Å². The van der Waals surface area contributed by atoms with Crippen LogP contribution in [0.1, 0.15) is 0 Å². The normalized spacial score (nSPS) is 14.1. The van der Waals surface area contributed by atoms with Crippen LogP contribution in [-0.2, 0) is 0 Å². The standard InChI is InChI=1S/C25H24ClFN6O/c1-32(2)15-12-33(13-15)25-30-23-19(24(31-25)29-8-7-28)11-20(26)21(22(23)27)18-10-16(34)9-14-5-3-4-6-17(14)18/h3-7,9-11,15,28,34H,8,12-13H2,1-2H3,(H,29,30,31). The van der Waals surface area contributed by atoms with Gasteiger partial charge in [-0.1, -0.05) is 35.9 Å². The quantitative estimate of drug-likeness (QED) is 0.346. The maximum Gasteiger partial charge on any atom is 0.228 e. The van der Waals surface area contributed by atoms with E-state index >= 15 is 4.39 Å². The predicted octanol–water partition coefficient (Wildman–Crippen LogP) is 4.76. The summed E-state index contributed by atoms with van der Waals surface area (Å²) >= 11 is 6.63. The van der Waals surface area contributed by atoms with Crippen molar-refractivity contribution in [3.05, 3.63) is 53.3 Å². The van der Waals surface area contributed by atoms with E-state index in [0.717, 1.165) is 23.9 Å². The number of aromatic hydroxyl groups is 1. The van der Waals surface area contributed by atoms with Gasteiger partial charge in [-0.05, 0) is 48.6 Å². The van der Waals surface area contributed by atoms with Gasteiger partial charge in [0.15, 0.2) is 5.82 Å². The number of aromatic nitrogens is 2. The van der Waals surface area contributed by atoms with Gasteiger partial charge < -0.3 is 25.6 Å². The highest BCUT2D eigenvalue weighted by atomic mass is 35.5. The van der Waals surface area contributed by atoms with Gasteiger partial charge in [-0.15, -0.1) is 0 Å². The molecule has 174 valence electrons. The summed E-state index contributed by atoms with van der Waals surface area (Å²) in [5.74, 6) is 0.289. The Morgan fingerprint density at radius 2 is 1.97 bits per heavy atom. The third-order valence-electron chi connectivity index (χ3n) is 6.23. The zero-order valence-electron chi connectivity index (χ0n) is 18.8. The summed E-state index contributed by atoms with van der Waals surface area (Å²) in [4.78, 5) is 13.3. The second kappa shape index (κ2) is 8.70. The smallest absolute Gasteiger partial charge is 0.228 e. The summed E-state index contributed by atoms with van der Waals surface area (Å²) < 4.78 is 16.2. The minimum Gasteiger partial charge on any atom is -0.508 e. The molecular weight excluding hydrogens is 455 g/mol. The molecule has 0 saturated carbocycles. The average molecular weight is 479 g/mol. The van der Waals surface area contributed by atoms with E-state index in [1.54, 1.807) is 12.1 Å². The zero-order valence-corrected chi connectivity index (χ0v) is 19.6. The highest BCUT2D eigenvalue weighted by Crippen LogP contribution is 2.42. The molecule has 0 atom stereocenters. The van der Waals surface area contributed by atoms with Crippen LogP contribution in [0.25, 0.3) is 32.8 Å². The van der Waals surface area contributed by atoms with Crippen molar-refractivity contribution in [2.24, 2.45) is 0 Å². The van der Waals surface area contributed by atoms with Crippen molar-refractivity contribution in [3.63, 3.8) is 0 Å². The van der Waals surface area contributed by atoms with E-state index < -0.39 is 5.82 Å². The molecular formula is C25H24ClFN6O. The fraction of sp³-hybridized carbons (Fsp3) is 0.240. The number of rotatable bonds is 6. The molecule has 1 aliphatic heterocycles. The number of nitrogens with one attached hydrogen (secondary N) is 2. The maximum atomic E-state index is 16.2. The van der Waals surface area contributed by atoms with Gasteiger partial charge in [-0.3, -0.25) is 0 Å². The first-order valence-corrected chi connectivity index (χ1v) is 11.3. The van der Waals surface area contributed by atoms with Crippen molar-refractivity contribution in [2.45, 2.75) is 6.04 Å². The number of hydrogen-bond donors (Lipinski definition) is 3. The van der Waals surface area contributed by atoms with Crippen LogP contribution in [0.15, 0.2) is 42.5 Å². The van der Waals surface area contributed by atoms with Gasteiger partial charge in [0.05, 0.1) is 11.6 Å². The Balaban J connectivity index is 1.72. The Labute approximate surface area is 201 Å². The summed E-state index contributed by atoms with van der Waals surface area (Å²) in [5.41, 5.74) is 0.807. The van der Waals surface area contributed by atoms with E-state index in [4.69, 9.17) is 17.0 Å². The lowest BCUT2D eigenvalue weighted by Gasteiger charge is -2.42. The molecule has 7 nitrogen and oxygen atoms in total. The van der Waals surface area contributed by atoms with Crippen LogP contribution in [0, 0.1) is 11.2 Å². The van der Waals surface area contributed by atoms with E-state index in [1.807, 2.05) is 43.3 Å². The van der Waals surface area contributed by atoms with Crippen LogP contribution in [0.2, 0.25) is 5.02 Å². The highest BCUT2D eigenvalue weighted by molar-refractivity contribution is 6.35. The van der Waals surface area contributed by atoms with Crippen LogP contribution in [0.3, 0.4) is 0 Å². The van der Waals surface area contributed by atoms with E-state index in [2.05, 4.69) is 20.2 Å². The molecule has 0 aliphatic carbocycles. The highest BCUT2D eigenvalue weighted by Gasteiger charge is 2.31. The largest absolute Gasteiger partial charge is 0.508 e. The van der Waals surface area contributed by atoms with Crippen LogP contribution in [0.5, 0.6) is 5.75 Å². The lowest BCUT2D eigenvalue weighted by atomic mass is 9.96. The van der Waals surface area contributed by atoms with Crippen molar-refractivity contribution in [1.29, 1.82) is 5.41 Å². The lowest BCUT2D eigenvalue weighted by Crippen LogP contribution is -2.58. The molecule has 0 bridgehead atoms. The summed E-state index contributed by atoms with van der Waals surface area (Å²) in [7, 11) is 4.04. The van der Waals surface area contributed by atoms with E-state index in [9.17, 15) is 5.11 Å². The van der Waals surface area contributed by atoms with Crippen molar-refractivity contribution in [1.82, 2.24) is 14.9 Å². The van der Waals surface area contributed by atoms with Gasteiger partial charge >= 0.3 is 0 Å². The molecule has 1 fully saturated rings. The average Bonchev–Trinajstić information content (AvgIpc) is 2.76. The number of phenolic OH excluding ortho intramolecular Hbond substituents is 1. The first kappa shape index (κ1) is 22.3. The number of halogens is 2. The number of hydrogen-bond acceptors (Lipinski definition) is 7. The van der Waals surface area contributed by atoms with Crippen molar-refractivity contribution >= 4 is 51.3 Å². The van der Waals surface area contributed by atoms with Gasteiger partial charge in [0.25, 0.3) is 0 Å². The molecule has 1 aromatic heterocycles. The van der Waals surface area contributed by atoms with E-state index in [1.165, 1.54) is 12.3 Å². The Morgan fingerprint density at radius 1 is 1.21 bits per heavy atom. The first-order chi connectivity index (χ1) is 16.4. The number of nitrogens with zero attached hydrogens (tertiary/aromatic N) is 4. The van der Waals surface area contributed by atoms with Crippen LogP contribution in [0.4, 0.5) is 16.2 Å². The molecule has 4 aromatic rings. The predicted molar refractivity (Wildman–Crippen MR) is 136 cm³/mol. The first-order valence-electron chi connectivity index (χ1n) is 10.9. The summed E-state index contributed by atoms with van der Waals surface area (Å²) in [6, 6.07) is 12.6.